The van der Waals surface area contributed by atoms with Crippen LogP contribution in [0.5, 0.6) is 5.75 Å². The molecular weight excluding hydrogens is 278 g/mol. The largest absolute Gasteiger partial charge is 0.497 e. The minimum atomic E-state index is 0.104. The van der Waals surface area contributed by atoms with Crippen molar-refractivity contribution < 1.29 is 9.53 Å². The molecule has 0 bridgehead atoms. The molecule has 2 heterocycles. The van der Waals surface area contributed by atoms with Crippen LogP contribution in [0, 0.1) is 0 Å². The minimum absolute atomic E-state index is 0.104. The maximum absolute atomic E-state index is 12.6. The zero-order chi connectivity index (χ0) is 15.5. The van der Waals surface area contributed by atoms with Crippen LogP contribution < -0.4 is 9.64 Å². The molecular formula is C17H25N3O2. The lowest BCUT2D eigenvalue weighted by molar-refractivity contribution is -0.135. The molecule has 0 radical (unpaired) electrons. The number of carbonyl (C=O) groups is 1. The molecule has 0 aliphatic carbocycles. The molecule has 2 aliphatic heterocycles. The summed E-state index contributed by atoms with van der Waals surface area (Å²) in [4.78, 5) is 19.1. The summed E-state index contributed by atoms with van der Waals surface area (Å²) in [7, 11) is 3.74. The molecule has 0 N–H and O–H groups in total. The summed E-state index contributed by atoms with van der Waals surface area (Å²) in [6.07, 6.45) is 2.15. The van der Waals surface area contributed by atoms with E-state index in [1.807, 2.05) is 17.0 Å². The van der Waals surface area contributed by atoms with Gasteiger partial charge in [-0.25, -0.2) is 0 Å². The van der Waals surface area contributed by atoms with Crippen molar-refractivity contribution in [3.63, 3.8) is 0 Å². The highest BCUT2D eigenvalue weighted by Crippen LogP contribution is 2.22. The summed E-state index contributed by atoms with van der Waals surface area (Å²) in [5.41, 5.74) is 1.20. The molecule has 0 saturated carbocycles. The number of rotatable bonds is 3. The van der Waals surface area contributed by atoms with E-state index in [-0.39, 0.29) is 6.04 Å². The summed E-state index contributed by atoms with van der Waals surface area (Å²) >= 11 is 0. The number of likely N-dealkylation sites (N-methyl/N-ethyl adjacent to an activating group) is 1. The van der Waals surface area contributed by atoms with E-state index in [2.05, 4.69) is 29.0 Å². The van der Waals surface area contributed by atoms with E-state index >= 15 is 0 Å². The van der Waals surface area contributed by atoms with Crippen molar-refractivity contribution in [3.05, 3.63) is 24.3 Å². The average Bonchev–Trinajstić information content (AvgIpc) is 3.00. The van der Waals surface area contributed by atoms with Gasteiger partial charge in [-0.05, 0) is 50.7 Å². The van der Waals surface area contributed by atoms with Crippen molar-refractivity contribution in [1.29, 1.82) is 0 Å². The Morgan fingerprint density at radius 1 is 1.09 bits per heavy atom. The number of carbonyl (C=O) groups excluding carboxylic acids is 1. The molecule has 1 aromatic carbocycles. The molecule has 3 rings (SSSR count). The van der Waals surface area contributed by atoms with Gasteiger partial charge in [-0.2, -0.15) is 0 Å². The molecule has 22 heavy (non-hydrogen) atoms. The van der Waals surface area contributed by atoms with E-state index in [0.717, 1.165) is 51.3 Å². The molecule has 5 heteroatoms. The van der Waals surface area contributed by atoms with Crippen LogP contribution in [-0.4, -0.2) is 68.6 Å². The number of nitrogens with zero attached hydrogens (tertiary/aromatic N) is 3. The fourth-order valence-electron chi connectivity index (χ4n) is 3.41. The van der Waals surface area contributed by atoms with Gasteiger partial charge in [-0.15, -0.1) is 0 Å². The minimum Gasteiger partial charge on any atom is -0.497 e. The first-order valence-electron chi connectivity index (χ1n) is 8.07. The van der Waals surface area contributed by atoms with Gasteiger partial charge < -0.3 is 14.5 Å². The van der Waals surface area contributed by atoms with Crippen LogP contribution >= 0.6 is 0 Å². The summed E-state index contributed by atoms with van der Waals surface area (Å²) in [5.74, 6) is 1.19. The molecule has 1 aromatic rings. The van der Waals surface area contributed by atoms with Crippen LogP contribution in [0.2, 0.25) is 0 Å². The molecule has 0 aromatic heterocycles. The number of anilines is 1. The number of methoxy groups -OCH3 is 1. The molecule has 5 nitrogen and oxygen atoms in total. The van der Waals surface area contributed by atoms with Crippen molar-refractivity contribution >= 4 is 11.6 Å². The molecule has 2 aliphatic rings. The van der Waals surface area contributed by atoms with Crippen molar-refractivity contribution in [3.8, 4) is 5.75 Å². The van der Waals surface area contributed by atoms with Gasteiger partial charge in [0, 0.05) is 31.9 Å². The Labute approximate surface area is 132 Å². The highest BCUT2D eigenvalue weighted by molar-refractivity contribution is 5.82. The summed E-state index contributed by atoms with van der Waals surface area (Å²) in [6.45, 7) is 4.47. The number of hydrogen-bond acceptors (Lipinski definition) is 4. The highest BCUT2D eigenvalue weighted by Gasteiger charge is 2.32. The second-order valence-electron chi connectivity index (χ2n) is 6.15. The molecule has 0 spiro atoms. The van der Waals surface area contributed by atoms with E-state index in [0.29, 0.717) is 5.91 Å². The molecule has 2 saturated heterocycles. The zero-order valence-corrected chi connectivity index (χ0v) is 13.5. The Morgan fingerprint density at radius 3 is 2.32 bits per heavy atom. The van der Waals surface area contributed by atoms with E-state index in [9.17, 15) is 4.79 Å². The van der Waals surface area contributed by atoms with Crippen LogP contribution in [0.15, 0.2) is 24.3 Å². The fourth-order valence-corrected chi connectivity index (χ4v) is 3.41. The lowest BCUT2D eigenvalue weighted by Gasteiger charge is -2.38. The Bertz CT molecular complexity index is 509. The summed E-state index contributed by atoms with van der Waals surface area (Å²) in [5, 5.41) is 0. The van der Waals surface area contributed by atoms with Gasteiger partial charge in [-0.1, -0.05) is 0 Å². The number of piperazine rings is 1. The van der Waals surface area contributed by atoms with Gasteiger partial charge in [0.1, 0.15) is 5.75 Å². The fraction of sp³-hybridized carbons (Fsp3) is 0.588. The molecule has 120 valence electrons. The predicted octanol–water partition coefficient (Wildman–Crippen LogP) is 1.44. The van der Waals surface area contributed by atoms with Gasteiger partial charge in [0.05, 0.1) is 13.2 Å². The topological polar surface area (TPSA) is 36.0 Å². The Balaban J connectivity index is 1.56. The Kier molecular flexibility index (Phi) is 4.52. The van der Waals surface area contributed by atoms with Gasteiger partial charge in [-0.3, -0.25) is 9.69 Å². The maximum atomic E-state index is 12.6. The first-order chi connectivity index (χ1) is 10.7. The normalized spacial score (nSPS) is 22.9. The van der Waals surface area contributed by atoms with E-state index in [1.165, 1.54) is 5.69 Å². The number of ether oxygens (including phenoxy) is 1. The number of benzene rings is 1. The highest BCUT2D eigenvalue weighted by atomic mass is 16.5. The molecule has 2 fully saturated rings. The van der Waals surface area contributed by atoms with Gasteiger partial charge >= 0.3 is 0 Å². The van der Waals surface area contributed by atoms with Crippen LogP contribution in [0.4, 0.5) is 5.69 Å². The standard InChI is InChI=1S/C17H25N3O2/c1-18-9-3-4-16(18)17(21)20-12-10-19(11-13-20)14-5-7-15(22-2)8-6-14/h5-8,16H,3-4,9-13H2,1-2H3. The summed E-state index contributed by atoms with van der Waals surface area (Å²) < 4.78 is 5.20. The van der Waals surface area contributed by atoms with Gasteiger partial charge in [0.15, 0.2) is 0 Å². The summed E-state index contributed by atoms with van der Waals surface area (Å²) in [6, 6.07) is 8.25. The van der Waals surface area contributed by atoms with Crippen LogP contribution in [0.25, 0.3) is 0 Å². The van der Waals surface area contributed by atoms with Gasteiger partial charge in [0.25, 0.3) is 0 Å². The third-order valence-electron chi connectivity index (χ3n) is 4.83. The van der Waals surface area contributed by atoms with E-state index in [1.54, 1.807) is 7.11 Å². The average molecular weight is 303 g/mol. The number of likely N-dealkylation sites (tertiary alicyclic amines) is 1. The monoisotopic (exact) mass is 303 g/mol. The second kappa shape index (κ2) is 6.57. The second-order valence-corrected chi connectivity index (χ2v) is 6.15. The lowest BCUT2D eigenvalue weighted by Crippen LogP contribution is -2.53. The third-order valence-corrected chi connectivity index (χ3v) is 4.83. The smallest absolute Gasteiger partial charge is 0.240 e. The molecule has 1 amide bonds. The number of amides is 1. The van der Waals surface area contributed by atoms with Crippen molar-refractivity contribution in [2.24, 2.45) is 0 Å². The lowest BCUT2D eigenvalue weighted by atomic mass is 10.1. The van der Waals surface area contributed by atoms with Crippen LogP contribution in [0.3, 0.4) is 0 Å². The van der Waals surface area contributed by atoms with Gasteiger partial charge in [0.2, 0.25) is 5.91 Å². The maximum Gasteiger partial charge on any atom is 0.240 e. The van der Waals surface area contributed by atoms with Crippen molar-refractivity contribution in [2.45, 2.75) is 18.9 Å². The van der Waals surface area contributed by atoms with Crippen LogP contribution in [0.1, 0.15) is 12.8 Å². The third kappa shape index (κ3) is 3.04. The van der Waals surface area contributed by atoms with E-state index < -0.39 is 0 Å². The van der Waals surface area contributed by atoms with Crippen molar-refractivity contribution in [1.82, 2.24) is 9.80 Å². The zero-order valence-electron chi connectivity index (χ0n) is 13.5. The SMILES string of the molecule is COc1ccc(N2CCN(C(=O)C3CCCN3C)CC2)cc1. The predicted molar refractivity (Wildman–Crippen MR) is 87.4 cm³/mol. The number of hydrogen-bond donors (Lipinski definition) is 0. The van der Waals surface area contributed by atoms with Crippen molar-refractivity contribution in [2.75, 3.05) is 51.8 Å². The van der Waals surface area contributed by atoms with E-state index in [4.69, 9.17) is 4.74 Å². The first-order valence-corrected chi connectivity index (χ1v) is 8.07. The quantitative estimate of drug-likeness (QED) is 0.846. The first kappa shape index (κ1) is 15.2. The Hall–Kier alpha value is -1.75. The van der Waals surface area contributed by atoms with Crippen LogP contribution in [-0.2, 0) is 4.79 Å². The Morgan fingerprint density at radius 2 is 1.77 bits per heavy atom. The molecule has 1 unspecified atom stereocenters. The molecule has 1 atom stereocenters.